The maximum atomic E-state index is 12.0. The Morgan fingerprint density at radius 2 is 1.89 bits per heavy atom. The molecule has 0 aromatic heterocycles. The maximum Gasteiger partial charge on any atom is 0.307 e. The first-order chi connectivity index (χ1) is 9.19. The van der Waals surface area contributed by atoms with Gasteiger partial charge in [-0.1, -0.05) is 26.2 Å². The molecular formula is C16H29NO2. The summed E-state index contributed by atoms with van der Waals surface area (Å²) in [7, 11) is 0. The monoisotopic (exact) mass is 267 g/mol. The van der Waals surface area contributed by atoms with E-state index in [9.17, 15) is 4.79 Å². The lowest BCUT2D eigenvalue weighted by atomic mass is 9.83. The third-order valence-electron chi connectivity index (χ3n) is 5.16. The van der Waals surface area contributed by atoms with Crippen molar-refractivity contribution < 1.29 is 9.53 Å². The van der Waals surface area contributed by atoms with Gasteiger partial charge in [0.25, 0.3) is 0 Å². The molecule has 1 heterocycles. The van der Waals surface area contributed by atoms with Crippen molar-refractivity contribution in [3.63, 3.8) is 0 Å². The fourth-order valence-corrected chi connectivity index (χ4v) is 4.05. The highest BCUT2D eigenvalue weighted by molar-refractivity contribution is 5.71. The second-order valence-corrected chi connectivity index (χ2v) is 6.28. The highest BCUT2D eigenvalue weighted by atomic mass is 16.5. The van der Waals surface area contributed by atoms with Crippen molar-refractivity contribution >= 4 is 5.97 Å². The van der Waals surface area contributed by atoms with E-state index in [1.54, 1.807) is 0 Å². The van der Waals surface area contributed by atoms with Gasteiger partial charge in [0, 0.05) is 5.54 Å². The molecule has 3 nitrogen and oxygen atoms in total. The van der Waals surface area contributed by atoms with E-state index in [1.807, 2.05) is 6.92 Å². The second-order valence-electron chi connectivity index (χ2n) is 6.28. The molecule has 2 unspecified atom stereocenters. The number of nitrogens with zero attached hydrogens (tertiary/aromatic N) is 1. The minimum absolute atomic E-state index is 0.000460. The van der Waals surface area contributed by atoms with Crippen molar-refractivity contribution in [2.45, 2.75) is 70.8 Å². The van der Waals surface area contributed by atoms with Gasteiger partial charge in [-0.2, -0.15) is 0 Å². The number of likely N-dealkylation sites (tertiary alicyclic amines) is 1. The zero-order chi connectivity index (χ0) is 13.7. The lowest BCUT2D eigenvalue weighted by molar-refractivity contribution is -0.147. The van der Waals surface area contributed by atoms with E-state index < -0.39 is 0 Å². The van der Waals surface area contributed by atoms with Gasteiger partial charge >= 0.3 is 5.97 Å². The normalized spacial score (nSPS) is 33.1. The molecule has 3 heteroatoms. The highest BCUT2D eigenvalue weighted by Crippen LogP contribution is 2.43. The predicted molar refractivity (Wildman–Crippen MR) is 77.0 cm³/mol. The molecule has 0 aromatic carbocycles. The quantitative estimate of drug-likeness (QED) is 0.731. The van der Waals surface area contributed by atoms with Gasteiger partial charge in [0.05, 0.1) is 13.0 Å². The number of carbonyl (C=O) groups is 1. The molecule has 1 saturated heterocycles. The summed E-state index contributed by atoms with van der Waals surface area (Å²) in [5.41, 5.74) is 0.0938. The predicted octanol–water partition coefficient (Wildman–Crippen LogP) is 3.37. The molecule has 2 aliphatic rings. The summed E-state index contributed by atoms with van der Waals surface area (Å²) in [6, 6.07) is 0. The smallest absolute Gasteiger partial charge is 0.307 e. The summed E-state index contributed by atoms with van der Waals surface area (Å²) >= 11 is 0. The molecule has 1 aliphatic heterocycles. The molecule has 0 spiro atoms. The summed E-state index contributed by atoms with van der Waals surface area (Å²) in [5, 5.41) is 0. The first-order valence-electron chi connectivity index (χ1n) is 8.10. The lowest BCUT2D eigenvalue weighted by Crippen LogP contribution is -2.52. The van der Waals surface area contributed by atoms with Gasteiger partial charge in [0.15, 0.2) is 0 Å². The summed E-state index contributed by atoms with van der Waals surface area (Å²) in [6.07, 6.45) is 9.57. The van der Waals surface area contributed by atoms with Crippen LogP contribution < -0.4 is 0 Å². The van der Waals surface area contributed by atoms with Crippen LogP contribution in [0.25, 0.3) is 0 Å². The number of esters is 1. The zero-order valence-electron chi connectivity index (χ0n) is 12.6. The van der Waals surface area contributed by atoms with Crippen LogP contribution in [0.1, 0.15) is 65.2 Å². The molecule has 0 bridgehead atoms. The van der Waals surface area contributed by atoms with Crippen molar-refractivity contribution in [3.8, 4) is 0 Å². The number of hydrogen-bond donors (Lipinski definition) is 0. The van der Waals surface area contributed by atoms with Crippen LogP contribution in [0.15, 0.2) is 0 Å². The van der Waals surface area contributed by atoms with Gasteiger partial charge in [-0.25, -0.2) is 0 Å². The number of ether oxygens (including phenoxy) is 1. The molecule has 2 fully saturated rings. The first kappa shape index (κ1) is 14.8. The third kappa shape index (κ3) is 3.31. The topological polar surface area (TPSA) is 29.5 Å². The Morgan fingerprint density at radius 1 is 1.21 bits per heavy atom. The minimum Gasteiger partial charge on any atom is -0.466 e. The molecule has 1 aliphatic carbocycles. The molecular weight excluding hydrogens is 238 g/mol. The van der Waals surface area contributed by atoms with Crippen molar-refractivity contribution in [1.29, 1.82) is 0 Å². The zero-order valence-corrected chi connectivity index (χ0v) is 12.6. The molecule has 110 valence electrons. The molecule has 1 saturated carbocycles. The average Bonchev–Trinajstić information content (AvgIpc) is 2.62. The SMILES string of the molecule is CCOC(=O)CC1(N2CCCCCC2)CCCC1C. The first-order valence-corrected chi connectivity index (χ1v) is 8.10. The Morgan fingerprint density at radius 3 is 2.42 bits per heavy atom. The van der Waals surface area contributed by atoms with Crippen LogP contribution in [0.5, 0.6) is 0 Å². The molecule has 0 amide bonds. The van der Waals surface area contributed by atoms with Crippen LogP contribution in [0.4, 0.5) is 0 Å². The van der Waals surface area contributed by atoms with Crippen LogP contribution in [0.3, 0.4) is 0 Å². The third-order valence-corrected chi connectivity index (χ3v) is 5.16. The summed E-state index contributed by atoms with van der Waals surface area (Å²) < 4.78 is 5.23. The van der Waals surface area contributed by atoms with E-state index >= 15 is 0 Å². The van der Waals surface area contributed by atoms with Crippen molar-refractivity contribution in [3.05, 3.63) is 0 Å². The van der Waals surface area contributed by atoms with Crippen molar-refractivity contribution in [2.24, 2.45) is 5.92 Å². The Kier molecular flexibility index (Phi) is 5.26. The van der Waals surface area contributed by atoms with Crippen LogP contribution in [0, 0.1) is 5.92 Å². The average molecular weight is 267 g/mol. The maximum absolute atomic E-state index is 12.0. The second kappa shape index (κ2) is 6.74. The Balaban J connectivity index is 2.11. The summed E-state index contributed by atoms with van der Waals surface area (Å²) in [4.78, 5) is 14.7. The fraction of sp³-hybridized carbons (Fsp3) is 0.938. The van der Waals surface area contributed by atoms with Crippen LogP contribution in [-0.4, -0.2) is 36.1 Å². The van der Waals surface area contributed by atoms with E-state index in [1.165, 1.54) is 58.0 Å². The molecule has 2 rings (SSSR count). The van der Waals surface area contributed by atoms with Crippen LogP contribution in [-0.2, 0) is 9.53 Å². The van der Waals surface area contributed by atoms with Gasteiger partial charge in [-0.05, 0) is 51.6 Å². The molecule has 0 aromatic rings. The van der Waals surface area contributed by atoms with E-state index in [0.717, 1.165) is 0 Å². The van der Waals surface area contributed by atoms with E-state index in [2.05, 4.69) is 11.8 Å². The fourth-order valence-electron chi connectivity index (χ4n) is 4.05. The largest absolute Gasteiger partial charge is 0.466 e. The summed E-state index contributed by atoms with van der Waals surface area (Å²) in [5.74, 6) is 0.621. The van der Waals surface area contributed by atoms with Crippen molar-refractivity contribution in [1.82, 2.24) is 4.90 Å². The Bertz CT molecular complexity index is 297. The summed E-state index contributed by atoms with van der Waals surface area (Å²) in [6.45, 7) is 7.07. The Labute approximate surface area is 117 Å². The minimum atomic E-state index is 0.000460. The van der Waals surface area contributed by atoms with Gasteiger partial charge in [0.2, 0.25) is 0 Å². The van der Waals surface area contributed by atoms with Crippen molar-refractivity contribution in [2.75, 3.05) is 19.7 Å². The van der Waals surface area contributed by atoms with Gasteiger partial charge < -0.3 is 4.74 Å². The van der Waals surface area contributed by atoms with E-state index in [0.29, 0.717) is 18.9 Å². The van der Waals surface area contributed by atoms with E-state index in [4.69, 9.17) is 4.74 Å². The van der Waals surface area contributed by atoms with E-state index in [-0.39, 0.29) is 11.5 Å². The lowest BCUT2D eigenvalue weighted by Gasteiger charge is -2.44. The molecule has 2 atom stereocenters. The van der Waals surface area contributed by atoms with Gasteiger partial charge in [-0.3, -0.25) is 9.69 Å². The number of carbonyl (C=O) groups excluding carboxylic acids is 1. The number of rotatable bonds is 4. The van der Waals surface area contributed by atoms with Crippen LogP contribution in [0.2, 0.25) is 0 Å². The highest BCUT2D eigenvalue weighted by Gasteiger charge is 2.46. The van der Waals surface area contributed by atoms with Crippen LogP contribution >= 0.6 is 0 Å². The molecule has 19 heavy (non-hydrogen) atoms. The molecule has 0 N–H and O–H groups in total. The molecule has 0 radical (unpaired) electrons. The number of hydrogen-bond acceptors (Lipinski definition) is 3. The van der Waals surface area contributed by atoms with Gasteiger partial charge in [0.1, 0.15) is 0 Å². The standard InChI is InChI=1S/C16H29NO2/c1-3-19-15(18)13-16(10-8-9-14(16)2)17-11-6-4-5-7-12-17/h14H,3-13H2,1-2H3. The van der Waals surface area contributed by atoms with Gasteiger partial charge in [-0.15, -0.1) is 0 Å². The Hall–Kier alpha value is -0.570.